The van der Waals surface area contributed by atoms with Crippen LogP contribution >= 0.6 is 0 Å². The molecule has 4 nitrogen and oxygen atoms in total. The van der Waals surface area contributed by atoms with Crippen LogP contribution in [0.1, 0.15) is 6.42 Å². The lowest BCUT2D eigenvalue weighted by molar-refractivity contribution is 1.06. The highest BCUT2D eigenvalue weighted by Gasteiger charge is 2.08. The van der Waals surface area contributed by atoms with Crippen LogP contribution in [0.15, 0.2) is 45.7 Å². The maximum atomic E-state index is 6.71. The minimum atomic E-state index is 0.544. The number of rotatable bonds is 2. The molecule has 0 radical (unpaired) electrons. The Balaban J connectivity index is 3.15. The van der Waals surface area contributed by atoms with Gasteiger partial charge >= 0.3 is 0 Å². The van der Waals surface area contributed by atoms with E-state index >= 15 is 0 Å². The van der Waals surface area contributed by atoms with Crippen molar-refractivity contribution in [3.63, 3.8) is 0 Å². The van der Waals surface area contributed by atoms with Crippen molar-refractivity contribution in [3.8, 4) is 0 Å². The largest absolute Gasteiger partial charge is 0.241 e. The molecule has 0 fully saturated rings. The Kier molecular flexibility index (Phi) is 2.87. The summed E-state index contributed by atoms with van der Waals surface area (Å²) in [6.07, 6.45) is 4.05. The molecule has 1 rings (SSSR count). The molecule has 4 heteroatoms. The van der Waals surface area contributed by atoms with E-state index in [-0.39, 0.29) is 0 Å². The van der Waals surface area contributed by atoms with Gasteiger partial charge in [0.1, 0.15) is 0 Å². The number of allylic oxidation sites excluding steroid dienone is 3. The first-order chi connectivity index (χ1) is 6.27. The highest BCUT2D eigenvalue weighted by molar-refractivity contribution is 5.49. The van der Waals surface area contributed by atoms with Crippen LogP contribution in [0, 0.1) is 10.8 Å². The molecule has 1 aliphatic rings. The molecule has 13 heavy (non-hydrogen) atoms. The standard InChI is InChI=1S/C9H8N4/c1-7-2-3-8(12-5-10)9(4-7)13-6-11/h2-3,10-11H,1,4H2. The van der Waals surface area contributed by atoms with Crippen LogP contribution in [-0.2, 0) is 0 Å². The molecule has 0 aromatic rings. The molecule has 0 amide bonds. The molecule has 2 N–H and O–H groups in total. The van der Waals surface area contributed by atoms with E-state index in [0.717, 1.165) is 5.57 Å². The van der Waals surface area contributed by atoms with E-state index in [9.17, 15) is 0 Å². The molecule has 0 spiro atoms. The molecule has 0 aromatic heterocycles. The molecule has 0 saturated heterocycles. The van der Waals surface area contributed by atoms with Gasteiger partial charge in [-0.15, -0.1) is 0 Å². The predicted octanol–water partition coefficient (Wildman–Crippen LogP) is 2.22. The zero-order valence-electron chi connectivity index (χ0n) is 6.96. The smallest absolute Gasteiger partial charge is 0.0973 e. The van der Waals surface area contributed by atoms with Gasteiger partial charge < -0.3 is 0 Å². The summed E-state index contributed by atoms with van der Waals surface area (Å²) in [6.45, 7) is 3.76. The Morgan fingerprint density at radius 1 is 1.23 bits per heavy atom. The van der Waals surface area contributed by atoms with Crippen molar-refractivity contribution in [2.75, 3.05) is 0 Å². The van der Waals surface area contributed by atoms with Crippen molar-refractivity contribution < 1.29 is 0 Å². The summed E-state index contributed by atoms with van der Waals surface area (Å²) in [5.41, 5.74) is 2.04. The fraction of sp³-hybridized carbons (Fsp3) is 0.111. The Morgan fingerprint density at radius 3 is 2.54 bits per heavy atom. The third-order valence-electron chi connectivity index (χ3n) is 1.53. The summed E-state index contributed by atoms with van der Waals surface area (Å²) in [5, 5.41) is 13.4. The van der Waals surface area contributed by atoms with Crippen molar-refractivity contribution >= 4 is 12.0 Å². The third kappa shape index (κ3) is 2.20. The van der Waals surface area contributed by atoms with E-state index in [4.69, 9.17) is 10.8 Å². The van der Waals surface area contributed by atoms with Gasteiger partial charge in [0.2, 0.25) is 0 Å². The summed E-state index contributed by atoms with van der Waals surface area (Å²) in [7, 11) is 0. The van der Waals surface area contributed by atoms with Crippen LogP contribution in [-0.4, -0.2) is 12.0 Å². The van der Waals surface area contributed by atoms with Gasteiger partial charge in [0.05, 0.1) is 23.4 Å². The molecule has 0 atom stereocenters. The van der Waals surface area contributed by atoms with Gasteiger partial charge in [-0.3, -0.25) is 0 Å². The maximum absolute atomic E-state index is 6.71. The molecule has 0 aliphatic heterocycles. The minimum absolute atomic E-state index is 0.544. The maximum Gasteiger partial charge on any atom is 0.0973 e. The van der Waals surface area contributed by atoms with E-state index in [1.165, 1.54) is 0 Å². The lowest BCUT2D eigenvalue weighted by atomic mass is 10.1. The molecule has 1 aliphatic carbocycles. The minimum Gasteiger partial charge on any atom is -0.241 e. The van der Waals surface area contributed by atoms with Crippen LogP contribution in [0.5, 0.6) is 0 Å². The molecule has 0 unspecified atom stereocenters. The van der Waals surface area contributed by atoms with Crippen molar-refractivity contribution in [2.24, 2.45) is 9.98 Å². The number of nitrogens with zero attached hydrogens (tertiary/aromatic N) is 2. The van der Waals surface area contributed by atoms with Crippen LogP contribution in [0.2, 0.25) is 0 Å². The Hall–Kier alpha value is -2.02. The number of hydrogen-bond donors (Lipinski definition) is 2. The summed E-state index contributed by atoms with van der Waals surface area (Å²) >= 11 is 0. The van der Waals surface area contributed by atoms with E-state index in [1.54, 1.807) is 12.2 Å². The number of hydrogen-bond acceptors (Lipinski definition) is 4. The fourth-order valence-corrected chi connectivity index (χ4v) is 0.984. The van der Waals surface area contributed by atoms with Gasteiger partial charge in [-0.1, -0.05) is 12.7 Å². The normalized spacial score (nSPS) is 14.9. The Labute approximate surface area is 75.7 Å². The summed E-state index contributed by atoms with van der Waals surface area (Å²) in [5.74, 6) is 0. The van der Waals surface area contributed by atoms with E-state index in [0.29, 0.717) is 17.8 Å². The Bertz CT molecular complexity index is 388. The SMILES string of the molecule is C=C1C=CC(N=C=N)=C(N=C=N)C1. The second-order valence-electron chi connectivity index (χ2n) is 2.45. The van der Waals surface area contributed by atoms with E-state index in [2.05, 4.69) is 16.6 Å². The first-order valence-corrected chi connectivity index (χ1v) is 3.62. The third-order valence-corrected chi connectivity index (χ3v) is 1.53. The highest BCUT2D eigenvalue weighted by Crippen LogP contribution is 2.22. The van der Waals surface area contributed by atoms with Gasteiger partial charge in [0, 0.05) is 6.42 Å². The quantitative estimate of drug-likeness (QED) is 0.599. The first kappa shape index (κ1) is 9.07. The average Bonchev–Trinajstić information content (AvgIpc) is 2.10. The monoisotopic (exact) mass is 172 g/mol. The fourth-order valence-electron chi connectivity index (χ4n) is 0.984. The molecule has 0 saturated carbocycles. The zero-order valence-corrected chi connectivity index (χ0v) is 6.96. The topological polar surface area (TPSA) is 72.4 Å². The summed E-state index contributed by atoms with van der Waals surface area (Å²) in [6, 6.07) is 3.87. The van der Waals surface area contributed by atoms with Gasteiger partial charge in [0.15, 0.2) is 0 Å². The van der Waals surface area contributed by atoms with Crippen molar-refractivity contribution in [3.05, 3.63) is 35.7 Å². The van der Waals surface area contributed by atoms with Gasteiger partial charge in [-0.2, -0.15) is 9.98 Å². The summed E-state index contributed by atoms with van der Waals surface area (Å²) in [4.78, 5) is 7.37. The molecule has 0 bridgehead atoms. The molecule has 64 valence electrons. The van der Waals surface area contributed by atoms with Gasteiger partial charge in [-0.05, 0) is 11.6 Å². The van der Waals surface area contributed by atoms with E-state index in [1.807, 2.05) is 12.0 Å². The van der Waals surface area contributed by atoms with Crippen molar-refractivity contribution in [2.45, 2.75) is 6.42 Å². The van der Waals surface area contributed by atoms with Crippen LogP contribution in [0.4, 0.5) is 0 Å². The first-order valence-electron chi connectivity index (χ1n) is 3.62. The number of aliphatic imine (C=N–C) groups is 2. The molecular formula is C9H8N4. The molecule has 0 aromatic carbocycles. The van der Waals surface area contributed by atoms with Crippen molar-refractivity contribution in [1.82, 2.24) is 0 Å². The van der Waals surface area contributed by atoms with Crippen LogP contribution in [0.3, 0.4) is 0 Å². The average molecular weight is 172 g/mol. The van der Waals surface area contributed by atoms with Crippen LogP contribution < -0.4 is 0 Å². The van der Waals surface area contributed by atoms with Gasteiger partial charge in [0.25, 0.3) is 0 Å². The lowest BCUT2D eigenvalue weighted by Crippen LogP contribution is -1.92. The zero-order chi connectivity index (χ0) is 9.68. The van der Waals surface area contributed by atoms with Crippen molar-refractivity contribution in [1.29, 1.82) is 10.8 Å². The predicted molar refractivity (Wildman–Crippen MR) is 50.2 cm³/mol. The van der Waals surface area contributed by atoms with Gasteiger partial charge in [-0.25, -0.2) is 10.8 Å². The second kappa shape index (κ2) is 4.12. The second-order valence-corrected chi connectivity index (χ2v) is 2.45. The molecule has 0 heterocycles. The summed E-state index contributed by atoms with van der Waals surface area (Å²) < 4.78 is 0. The number of nitrogens with one attached hydrogen (secondary N) is 2. The van der Waals surface area contributed by atoms with Crippen LogP contribution in [0.25, 0.3) is 0 Å². The Morgan fingerprint density at radius 2 is 1.92 bits per heavy atom. The molecular weight excluding hydrogens is 164 g/mol. The van der Waals surface area contributed by atoms with E-state index < -0.39 is 0 Å². The highest BCUT2D eigenvalue weighted by atomic mass is 14.8. The lowest BCUT2D eigenvalue weighted by Gasteiger charge is -2.07.